The van der Waals surface area contributed by atoms with Crippen LogP contribution < -0.4 is 4.74 Å². The molecule has 0 aromatic heterocycles. The highest BCUT2D eigenvalue weighted by Crippen LogP contribution is 2.27. The molecule has 0 atom stereocenters. The number of rotatable bonds is 9. The Morgan fingerprint density at radius 2 is 1.64 bits per heavy atom. The van der Waals surface area contributed by atoms with Gasteiger partial charge in [-0.1, -0.05) is 54.6 Å². The van der Waals surface area contributed by atoms with Crippen molar-refractivity contribution in [3.8, 4) is 5.75 Å². The topological polar surface area (TPSA) is 68.3 Å². The second-order valence-corrected chi connectivity index (χ2v) is 12.2. The molecule has 1 fully saturated rings. The first-order valence-corrected chi connectivity index (χ1v) is 14.8. The molecule has 0 unspecified atom stereocenters. The standard InChI is InChI=1S/C35H44N2O5/c1-25(2)36-20-18-30(19-21-36)37(34(39)42-35(3,4)5)23-27(22-26-14-16-29(17-15-26)33(38)40-6)24-41-32-13-9-11-28-10-7-8-12-31(28)32/h7-17,22,25,30H,18-21,23-24H2,1-6H3. The number of fused-ring (bicyclic) bond motifs is 1. The first kappa shape index (κ1) is 31.1. The van der Waals surface area contributed by atoms with Crippen LogP contribution in [0.1, 0.15) is 63.4 Å². The predicted octanol–water partition coefficient (Wildman–Crippen LogP) is 7.20. The van der Waals surface area contributed by atoms with Gasteiger partial charge < -0.3 is 24.0 Å². The van der Waals surface area contributed by atoms with Crippen molar-refractivity contribution in [2.24, 2.45) is 0 Å². The van der Waals surface area contributed by atoms with Crippen LogP contribution in [0, 0.1) is 0 Å². The number of benzene rings is 3. The van der Waals surface area contributed by atoms with E-state index in [9.17, 15) is 9.59 Å². The molecule has 0 radical (unpaired) electrons. The van der Waals surface area contributed by atoms with Gasteiger partial charge in [0, 0.05) is 37.1 Å². The lowest BCUT2D eigenvalue weighted by Gasteiger charge is -2.40. The van der Waals surface area contributed by atoms with Gasteiger partial charge in [-0.25, -0.2) is 9.59 Å². The Morgan fingerprint density at radius 1 is 0.976 bits per heavy atom. The Morgan fingerprint density at radius 3 is 2.29 bits per heavy atom. The monoisotopic (exact) mass is 572 g/mol. The minimum atomic E-state index is -0.610. The normalized spacial score (nSPS) is 15.1. The molecule has 0 aliphatic carbocycles. The molecule has 224 valence electrons. The van der Waals surface area contributed by atoms with Gasteiger partial charge in [0.25, 0.3) is 0 Å². The quantitative estimate of drug-likeness (QED) is 0.253. The van der Waals surface area contributed by atoms with Gasteiger partial charge in [-0.15, -0.1) is 0 Å². The third-order valence-electron chi connectivity index (χ3n) is 7.54. The number of ether oxygens (including phenoxy) is 3. The molecule has 1 saturated heterocycles. The molecule has 1 aliphatic heterocycles. The number of hydrogen-bond donors (Lipinski definition) is 0. The maximum atomic E-state index is 13.6. The summed E-state index contributed by atoms with van der Waals surface area (Å²) in [5, 5.41) is 2.14. The number of carbonyl (C=O) groups excluding carboxylic acids is 2. The molecule has 7 heteroatoms. The lowest BCUT2D eigenvalue weighted by Crippen LogP contribution is -2.50. The second-order valence-electron chi connectivity index (χ2n) is 12.2. The summed E-state index contributed by atoms with van der Waals surface area (Å²) in [5.74, 6) is 0.406. The number of amides is 1. The van der Waals surface area contributed by atoms with Gasteiger partial charge in [-0.3, -0.25) is 0 Å². The van der Waals surface area contributed by atoms with Gasteiger partial charge in [-0.2, -0.15) is 0 Å². The Balaban J connectivity index is 1.64. The smallest absolute Gasteiger partial charge is 0.410 e. The van der Waals surface area contributed by atoms with E-state index in [4.69, 9.17) is 14.2 Å². The van der Waals surface area contributed by atoms with E-state index < -0.39 is 5.60 Å². The van der Waals surface area contributed by atoms with Crippen LogP contribution in [0.25, 0.3) is 16.8 Å². The zero-order valence-electron chi connectivity index (χ0n) is 25.8. The first-order chi connectivity index (χ1) is 20.0. The average Bonchev–Trinajstić information content (AvgIpc) is 2.97. The van der Waals surface area contributed by atoms with Crippen LogP contribution in [0.3, 0.4) is 0 Å². The third kappa shape index (κ3) is 8.35. The molecule has 7 nitrogen and oxygen atoms in total. The molecule has 3 aromatic carbocycles. The van der Waals surface area contributed by atoms with E-state index in [0.717, 1.165) is 53.6 Å². The van der Waals surface area contributed by atoms with E-state index in [-0.39, 0.29) is 24.7 Å². The summed E-state index contributed by atoms with van der Waals surface area (Å²) in [6.07, 6.45) is 3.47. The van der Waals surface area contributed by atoms with Gasteiger partial charge >= 0.3 is 12.1 Å². The number of piperidine rings is 1. The van der Waals surface area contributed by atoms with Crippen molar-refractivity contribution in [2.45, 2.75) is 65.1 Å². The highest BCUT2D eigenvalue weighted by molar-refractivity contribution is 5.89. The lowest BCUT2D eigenvalue weighted by molar-refractivity contribution is 0.00882. The van der Waals surface area contributed by atoms with Crippen LogP contribution in [-0.2, 0) is 9.47 Å². The van der Waals surface area contributed by atoms with Crippen molar-refractivity contribution < 1.29 is 23.8 Å². The average molecular weight is 573 g/mol. The zero-order chi connectivity index (χ0) is 30.3. The van der Waals surface area contributed by atoms with Gasteiger partial charge in [0.1, 0.15) is 18.0 Å². The molecule has 0 bridgehead atoms. The first-order valence-electron chi connectivity index (χ1n) is 14.8. The number of likely N-dealkylation sites (tertiary alicyclic amines) is 1. The number of nitrogens with zero attached hydrogens (tertiary/aromatic N) is 2. The van der Waals surface area contributed by atoms with Crippen LogP contribution in [0.5, 0.6) is 5.75 Å². The van der Waals surface area contributed by atoms with Crippen molar-refractivity contribution in [1.82, 2.24) is 9.80 Å². The fourth-order valence-corrected chi connectivity index (χ4v) is 5.29. The van der Waals surface area contributed by atoms with Gasteiger partial charge in [0.15, 0.2) is 0 Å². The minimum absolute atomic E-state index is 0.0532. The highest BCUT2D eigenvalue weighted by Gasteiger charge is 2.32. The molecule has 42 heavy (non-hydrogen) atoms. The van der Waals surface area contributed by atoms with E-state index in [2.05, 4.69) is 36.9 Å². The number of carbonyl (C=O) groups is 2. The Labute approximate surface area is 250 Å². The largest absolute Gasteiger partial charge is 0.489 e. The molecule has 1 heterocycles. The summed E-state index contributed by atoms with van der Waals surface area (Å²) in [5.41, 5.74) is 1.69. The van der Waals surface area contributed by atoms with E-state index in [0.29, 0.717) is 18.2 Å². The summed E-state index contributed by atoms with van der Waals surface area (Å²) < 4.78 is 17.2. The summed E-state index contributed by atoms with van der Waals surface area (Å²) in [4.78, 5) is 29.9. The molecule has 3 aromatic rings. The summed E-state index contributed by atoms with van der Waals surface area (Å²) in [6.45, 7) is 12.6. The van der Waals surface area contributed by atoms with Gasteiger partial charge in [-0.05, 0) is 82.2 Å². The van der Waals surface area contributed by atoms with Gasteiger partial charge in [0.05, 0.1) is 12.7 Å². The molecular formula is C35H44N2O5. The molecule has 1 amide bonds. The molecule has 0 N–H and O–H groups in total. The van der Waals surface area contributed by atoms with E-state index in [1.807, 2.05) is 68.1 Å². The van der Waals surface area contributed by atoms with Crippen LogP contribution in [0.15, 0.2) is 72.3 Å². The molecule has 0 saturated carbocycles. The van der Waals surface area contributed by atoms with Crippen molar-refractivity contribution in [3.05, 3.63) is 83.4 Å². The van der Waals surface area contributed by atoms with E-state index in [1.54, 1.807) is 12.1 Å². The maximum Gasteiger partial charge on any atom is 0.410 e. The van der Waals surface area contributed by atoms with Crippen molar-refractivity contribution in [3.63, 3.8) is 0 Å². The van der Waals surface area contributed by atoms with Crippen LogP contribution in [0.4, 0.5) is 4.79 Å². The lowest BCUT2D eigenvalue weighted by atomic mass is 10.0. The summed E-state index contributed by atoms with van der Waals surface area (Å²) >= 11 is 0. The minimum Gasteiger partial charge on any atom is -0.489 e. The molecule has 0 spiro atoms. The Hall–Kier alpha value is -3.84. The summed E-state index contributed by atoms with van der Waals surface area (Å²) in [6, 6.07) is 21.9. The molecule has 1 aliphatic rings. The molecule has 4 rings (SSSR count). The fraction of sp³-hybridized carbons (Fsp3) is 0.429. The van der Waals surface area contributed by atoms with Crippen molar-refractivity contribution >= 4 is 28.9 Å². The van der Waals surface area contributed by atoms with Crippen molar-refractivity contribution in [1.29, 1.82) is 0 Å². The maximum absolute atomic E-state index is 13.6. The van der Waals surface area contributed by atoms with Crippen LogP contribution in [-0.4, -0.2) is 72.9 Å². The Bertz CT molecular complexity index is 1380. The predicted molar refractivity (Wildman–Crippen MR) is 168 cm³/mol. The Kier molecular flexibility index (Phi) is 10.3. The van der Waals surface area contributed by atoms with E-state index >= 15 is 0 Å². The van der Waals surface area contributed by atoms with Crippen LogP contribution in [0.2, 0.25) is 0 Å². The number of esters is 1. The van der Waals surface area contributed by atoms with Crippen molar-refractivity contribution in [2.75, 3.05) is 33.4 Å². The third-order valence-corrected chi connectivity index (χ3v) is 7.54. The number of methoxy groups -OCH3 is 1. The molecular weight excluding hydrogens is 528 g/mol. The van der Waals surface area contributed by atoms with Gasteiger partial charge in [0.2, 0.25) is 0 Å². The zero-order valence-corrected chi connectivity index (χ0v) is 25.8. The SMILES string of the molecule is COC(=O)c1ccc(C=C(COc2cccc3ccccc23)CN(C(=O)OC(C)(C)C)C2CCN(C(C)C)CC2)cc1. The summed E-state index contributed by atoms with van der Waals surface area (Å²) in [7, 11) is 1.37. The fourth-order valence-electron chi connectivity index (χ4n) is 5.29. The second kappa shape index (κ2) is 13.9. The van der Waals surface area contributed by atoms with Crippen LogP contribution >= 0.6 is 0 Å². The highest BCUT2D eigenvalue weighted by atomic mass is 16.6. The number of hydrogen-bond acceptors (Lipinski definition) is 6. The van der Waals surface area contributed by atoms with E-state index in [1.165, 1.54) is 7.11 Å².